The lowest BCUT2D eigenvalue weighted by Gasteiger charge is -2.30. The van der Waals surface area contributed by atoms with E-state index in [0.29, 0.717) is 6.04 Å². The summed E-state index contributed by atoms with van der Waals surface area (Å²) in [5, 5.41) is 3.65. The van der Waals surface area contributed by atoms with Gasteiger partial charge in [-0.15, -0.1) is 0 Å². The van der Waals surface area contributed by atoms with E-state index in [1.165, 1.54) is 69.4 Å². The molecule has 1 aromatic carbocycles. The molecule has 0 radical (unpaired) electrons. The van der Waals surface area contributed by atoms with Gasteiger partial charge in [0.05, 0.1) is 0 Å². The molecule has 0 aromatic heterocycles. The van der Waals surface area contributed by atoms with Gasteiger partial charge in [0, 0.05) is 30.5 Å². The van der Waals surface area contributed by atoms with Crippen molar-refractivity contribution in [3.8, 4) is 0 Å². The predicted molar refractivity (Wildman–Crippen MR) is 87.5 cm³/mol. The van der Waals surface area contributed by atoms with Crippen molar-refractivity contribution in [3.05, 3.63) is 24.3 Å². The van der Waals surface area contributed by atoms with Crippen LogP contribution in [0.15, 0.2) is 24.3 Å². The second-order valence-corrected chi connectivity index (χ2v) is 6.67. The van der Waals surface area contributed by atoms with Gasteiger partial charge in [0.15, 0.2) is 0 Å². The minimum atomic E-state index is 0.598. The molecule has 2 heteroatoms. The number of piperidine rings is 1. The van der Waals surface area contributed by atoms with Crippen LogP contribution >= 0.6 is 0 Å². The van der Waals surface area contributed by atoms with E-state index in [2.05, 4.69) is 41.4 Å². The third kappa shape index (κ3) is 3.47. The zero-order valence-corrected chi connectivity index (χ0v) is 12.8. The number of hydrogen-bond donors (Lipinski definition) is 1. The van der Waals surface area contributed by atoms with Crippen molar-refractivity contribution in [1.29, 1.82) is 0 Å². The molecule has 0 bridgehead atoms. The first-order chi connectivity index (χ1) is 9.81. The molecule has 1 aliphatic carbocycles. The lowest BCUT2D eigenvalue weighted by atomic mass is 9.81. The lowest BCUT2D eigenvalue weighted by molar-refractivity contribution is 0.286. The van der Waals surface area contributed by atoms with Crippen LogP contribution in [0.2, 0.25) is 0 Å². The molecular formula is C18H28N2. The maximum Gasteiger partial charge on any atom is 0.0367 e. The minimum Gasteiger partial charge on any atom is -0.383 e. The van der Waals surface area contributed by atoms with Gasteiger partial charge in [-0.2, -0.15) is 0 Å². The molecule has 0 amide bonds. The quantitative estimate of drug-likeness (QED) is 0.838. The van der Waals surface area contributed by atoms with Crippen LogP contribution in [0.25, 0.3) is 0 Å². The van der Waals surface area contributed by atoms with Crippen LogP contribution in [0.3, 0.4) is 0 Å². The SMILES string of the molecule is CC(CC1CCC1)Nc1ccc(N2CCCCC2)cc1. The Balaban J connectivity index is 1.52. The molecule has 1 atom stereocenters. The number of nitrogens with zero attached hydrogens (tertiary/aromatic N) is 1. The van der Waals surface area contributed by atoms with Crippen molar-refractivity contribution in [2.24, 2.45) is 5.92 Å². The Labute approximate surface area is 123 Å². The van der Waals surface area contributed by atoms with Crippen LogP contribution in [0, 0.1) is 5.92 Å². The monoisotopic (exact) mass is 272 g/mol. The van der Waals surface area contributed by atoms with Crippen LogP contribution in [0.1, 0.15) is 51.9 Å². The fourth-order valence-electron chi connectivity index (χ4n) is 3.49. The Kier molecular flexibility index (Phi) is 4.49. The fourth-order valence-corrected chi connectivity index (χ4v) is 3.49. The summed E-state index contributed by atoms with van der Waals surface area (Å²) in [4.78, 5) is 2.52. The molecule has 1 aliphatic heterocycles. The van der Waals surface area contributed by atoms with Crippen molar-refractivity contribution in [1.82, 2.24) is 0 Å². The number of hydrogen-bond acceptors (Lipinski definition) is 2. The largest absolute Gasteiger partial charge is 0.383 e. The van der Waals surface area contributed by atoms with E-state index in [0.717, 1.165) is 5.92 Å². The van der Waals surface area contributed by atoms with E-state index in [9.17, 15) is 0 Å². The summed E-state index contributed by atoms with van der Waals surface area (Å²) >= 11 is 0. The Morgan fingerprint density at radius 2 is 1.75 bits per heavy atom. The van der Waals surface area contributed by atoms with Crippen LogP contribution in [-0.4, -0.2) is 19.1 Å². The highest BCUT2D eigenvalue weighted by molar-refractivity contribution is 5.55. The first-order valence-electron chi connectivity index (χ1n) is 8.43. The summed E-state index contributed by atoms with van der Waals surface area (Å²) in [6.45, 7) is 4.77. The molecule has 2 aliphatic rings. The van der Waals surface area contributed by atoms with Gasteiger partial charge in [0.25, 0.3) is 0 Å². The highest BCUT2D eigenvalue weighted by Gasteiger charge is 2.19. The molecule has 3 rings (SSSR count). The smallest absolute Gasteiger partial charge is 0.0367 e. The van der Waals surface area contributed by atoms with Gasteiger partial charge < -0.3 is 10.2 Å². The van der Waals surface area contributed by atoms with Crippen molar-refractivity contribution >= 4 is 11.4 Å². The molecule has 1 aromatic rings. The molecule has 1 saturated carbocycles. The van der Waals surface area contributed by atoms with E-state index in [1.54, 1.807) is 0 Å². The Bertz CT molecular complexity index is 402. The third-order valence-electron chi connectivity index (χ3n) is 4.91. The summed E-state index contributed by atoms with van der Waals surface area (Å²) in [7, 11) is 0. The maximum absolute atomic E-state index is 3.65. The first-order valence-corrected chi connectivity index (χ1v) is 8.43. The molecule has 2 fully saturated rings. The van der Waals surface area contributed by atoms with Crippen LogP contribution in [0.4, 0.5) is 11.4 Å². The third-order valence-corrected chi connectivity index (χ3v) is 4.91. The number of rotatable bonds is 5. The Morgan fingerprint density at radius 1 is 1.05 bits per heavy atom. The standard InChI is InChI=1S/C18H28N2/c1-15(14-16-6-5-7-16)19-17-8-10-18(11-9-17)20-12-3-2-4-13-20/h8-11,15-16,19H,2-7,12-14H2,1H3. The average molecular weight is 272 g/mol. The zero-order valence-electron chi connectivity index (χ0n) is 12.8. The van der Waals surface area contributed by atoms with Crippen molar-refractivity contribution in [2.75, 3.05) is 23.3 Å². The molecule has 110 valence electrons. The highest BCUT2D eigenvalue weighted by Crippen LogP contribution is 2.31. The van der Waals surface area contributed by atoms with Crippen LogP contribution in [0.5, 0.6) is 0 Å². The number of nitrogens with one attached hydrogen (secondary N) is 1. The summed E-state index contributed by atoms with van der Waals surface area (Å²) < 4.78 is 0. The van der Waals surface area contributed by atoms with E-state index >= 15 is 0 Å². The van der Waals surface area contributed by atoms with Crippen molar-refractivity contribution in [3.63, 3.8) is 0 Å². The zero-order chi connectivity index (χ0) is 13.8. The lowest BCUT2D eigenvalue weighted by Crippen LogP contribution is -2.29. The summed E-state index contributed by atoms with van der Waals surface area (Å²) in [6, 6.07) is 9.66. The van der Waals surface area contributed by atoms with Gasteiger partial charge in [0.1, 0.15) is 0 Å². The van der Waals surface area contributed by atoms with Crippen molar-refractivity contribution in [2.45, 2.75) is 57.9 Å². The topological polar surface area (TPSA) is 15.3 Å². The van der Waals surface area contributed by atoms with Gasteiger partial charge in [-0.3, -0.25) is 0 Å². The molecule has 1 unspecified atom stereocenters. The van der Waals surface area contributed by atoms with E-state index in [1.807, 2.05) is 0 Å². The van der Waals surface area contributed by atoms with Gasteiger partial charge >= 0.3 is 0 Å². The second-order valence-electron chi connectivity index (χ2n) is 6.67. The van der Waals surface area contributed by atoms with Gasteiger partial charge in [0.2, 0.25) is 0 Å². The molecule has 1 heterocycles. The van der Waals surface area contributed by atoms with Crippen molar-refractivity contribution < 1.29 is 0 Å². The Morgan fingerprint density at radius 3 is 2.35 bits per heavy atom. The molecule has 0 spiro atoms. The van der Waals surface area contributed by atoms with E-state index < -0.39 is 0 Å². The van der Waals surface area contributed by atoms with Crippen LogP contribution in [-0.2, 0) is 0 Å². The highest BCUT2D eigenvalue weighted by atomic mass is 15.1. The van der Waals surface area contributed by atoms with E-state index in [4.69, 9.17) is 0 Å². The van der Waals surface area contributed by atoms with Gasteiger partial charge in [-0.05, 0) is 62.8 Å². The molecule has 1 saturated heterocycles. The van der Waals surface area contributed by atoms with Gasteiger partial charge in [-0.1, -0.05) is 19.3 Å². The molecule has 20 heavy (non-hydrogen) atoms. The second kappa shape index (κ2) is 6.51. The molecule has 1 N–H and O–H groups in total. The summed E-state index contributed by atoms with van der Waals surface area (Å²) in [5.74, 6) is 0.977. The maximum atomic E-state index is 3.65. The minimum absolute atomic E-state index is 0.598. The predicted octanol–water partition coefficient (Wildman–Crippen LogP) is 4.67. The summed E-state index contributed by atoms with van der Waals surface area (Å²) in [6.07, 6.45) is 9.75. The average Bonchev–Trinajstić information content (AvgIpc) is 2.45. The van der Waals surface area contributed by atoms with Crippen LogP contribution < -0.4 is 10.2 Å². The number of anilines is 2. The molecular weight excluding hydrogens is 244 g/mol. The summed E-state index contributed by atoms with van der Waals surface area (Å²) in [5.41, 5.74) is 2.67. The first kappa shape index (κ1) is 13.8. The molecule has 2 nitrogen and oxygen atoms in total. The Hall–Kier alpha value is -1.18. The number of benzene rings is 1. The normalized spacial score (nSPS) is 21.4. The fraction of sp³-hybridized carbons (Fsp3) is 0.667. The van der Waals surface area contributed by atoms with Gasteiger partial charge in [-0.25, -0.2) is 0 Å². The van der Waals surface area contributed by atoms with E-state index in [-0.39, 0.29) is 0 Å².